The van der Waals surface area contributed by atoms with E-state index in [1.54, 1.807) is 55.5 Å². The SMILES string of the molecule is CCOC(=O)[C@@H](C)N(C(=O)OCc1ccccc1)C(=O)OCc1ccccc1. The highest BCUT2D eigenvalue weighted by Crippen LogP contribution is 2.12. The number of nitrogens with zero attached hydrogens (tertiary/aromatic N) is 1. The lowest BCUT2D eigenvalue weighted by atomic mass is 10.2. The van der Waals surface area contributed by atoms with Gasteiger partial charge in [-0.15, -0.1) is 0 Å². The average Bonchev–Trinajstić information content (AvgIpc) is 2.72. The maximum Gasteiger partial charge on any atom is 0.420 e. The number of rotatable bonds is 7. The van der Waals surface area contributed by atoms with E-state index in [-0.39, 0.29) is 19.8 Å². The minimum absolute atomic E-state index is 0.0440. The molecule has 0 aliphatic rings. The zero-order valence-electron chi connectivity index (χ0n) is 15.9. The first kappa shape index (κ1) is 21.0. The Morgan fingerprint density at radius 1 is 0.786 bits per heavy atom. The number of hydrogen-bond acceptors (Lipinski definition) is 6. The molecule has 0 fully saturated rings. The van der Waals surface area contributed by atoms with E-state index >= 15 is 0 Å². The van der Waals surface area contributed by atoms with Crippen LogP contribution in [0.2, 0.25) is 0 Å². The molecule has 2 aromatic carbocycles. The second kappa shape index (κ2) is 10.7. The molecular weight excluding hydrogens is 362 g/mol. The summed E-state index contributed by atoms with van der Waals surface area (Å²) in [6.45, 7) is 3.05. The average molecular weight is 385 g/mol. The number of amides is 2. The van der Waals surface area contributed by atoms with Crippen molar-refractivity contribution in [3.05, 3.63) is 71.8 Å². The van der Waals surface area contributed by atoms with Gasteiger partial charge in [0, 0.05) is 0 Å². The fourth-order valence-corrected chi connectivity index (χ4v) is 2.34. The van der Waals surface area contributed by atoms with Gasteiger partial charge in [0.25, 0.3) is 0 Å². The van der Waals surface area contributed by atoms with Crippen LogP contribution < -0.4 is 0 Å². The first-order valence-electron chi connectivity index (χ1n) is 8.90. The highest BCUT2D eigenvalue weighted by molar-refractivity contribution is 5.93. The van der Waals surface area contributed by atoms with Crippen molar-refractivity contribution in [3.8, 4) is 0 Å². The normalized spacial score (nSPS) is 11.2. The molecule has 0 unspecified atom stereocenters. The van der Waals surface area contributed by atoms with Crippen LogP contribution >= 0.6 is 0 Å². The van der Waals surface area contributed by atoms with Crippen LogP contribution in [0, 0.1) is 0 Å². The van der Waals surface area contributed by atoms with Crippen molar-refractivity contribution in [2.24, 2.45) is 0 Å². The summed E-state index contributed by atoms with van der Waals surface area (Å²) >= 11 is 0. The first-order chi connectivity index (χ1) is 13.5. The Morgan fingerprint density at radius 3 is 1.61 bits per heavy atom. The maximum atomic E-state index is 12.5. The molecule has 0 aliphatic carbocycles. The van der Waals surface area contributed by atoms with Crippen LogP contribution in [0.3, 0.4) is 0 Å². The molecule has 0 aliphatic heterocycles. The third-order valence-electron chi connectivity index (χ3n) is 3.82. The van der Waals surface area contributed by atoms with Crippen LogP contribution in [-0.2, 0) is 32.2 Å². The molecule has 1 atom stereocenters. The molecule has 0 N–H and O–H groups in total. The van der Waals surface area contributed by atoms with Crippen molar-refractivity contribution in [1.29, 1.82) is 0 Å². The van der Waals surface area contributed by atoms with Gasteiger partial charge in [0.05, 0.1) is 6.61 Å². The van der Waals surface area contributed by atoms with Gasteiger partial charge >= 0.3 is 18.2 Å². The Labute approximate surface area is 163 Å². The summed E-state index contributed by atoms with van der Waals surface area (Å²) in [5, 5.41) is 0. The molecular formula is C21H23NO6. The van der Waals surface area contributed by atoms with Crippen molar-refractivity contribution in [2.45, 2.75) is 33.1 Å². The highest BCUT2D eigenvalue weighted by atomic mass is 16.6. The number of carbonyl (C=O) groups is 3. The zero-order valence-corrected chi connectivity index (χ0v) is 15.9. The minimum atomic E-state index is -1.19. The predicted molar refractivity (Wildman–Crippen MR) is 101 cm³/mol. The van der Waals surface area contributed by atoms with Crippen LogP contribution in [0.1, 0.15) is 25.0 Å². The van der Waals surface area contributed by atoms with Crippen LogP contribution in [0.4, 0.5) is 9.59 Å². The number of hydrogen-bond donors (Lipinski definition) is 0. The molecule has 28 heavy (non-hydrogen) atoms. The summed E-state index contributed by atoms with van der Waals surface area (Å²) in [4.78, 5) is 37.7. The van der Waals surface area contributed by atoms with E-state index in [0.29, 0.717) is 4.90 Å². The van der Waals surface area contributed by atoms with Gasteiger partial charge in [-0.05, 0) is 25.0 Å². The van der Waals surface area contributed by atoms with E-state index in [0.717, 1.165) is 11.1 Å². The van der Waals surface area contributed by atoms with E-state index in [1.807, 2.05) is 12.1 Å². The predicted octanol–water partition coefficient (Wildman–Crippen LogP) is 3.91. The molecule has 0 heterocycles. The number of carbonyl (C=O) groups excluding carboxylic acids is 3. The standard InChI is InChI=1S/C21H23NO6/c1-3-26-19(23)16(2)22(20(24)27-14-17-10-6-4-7-11-17)21(25)28-15-18-12-8-5-9-13-18/h4-13,16H,3,14-15H2,1-2H3/t16-/m1/s1. The second-order valence-electron chi connectivity index (χ2n) is 5.88. The van der Waals surface area contributed by atoms with Gasteiger partial charge in [0.15, 0.2) is 0 Å². The van der Waals surface area contributed by atoms with E-state index in [2.05, 4.69) is 0 Å². The van der Waals surface area contributed by atoms with Crippen molar-refractivity contribution >= 4 is 18.2 Å². The van der Waals surface area contributed by atoms with Crippen LogP contribution in [0.5, 0.6) is 0 Å². The minimum Gasteiger partial charge on any atom is -0.464 e. The molecule has 0 radical (unpaired) electrons. The van der Waals surface area contributed by atoms with Crippen LogP contribution in [0.15, 0.2) is 60.7 Å². The van der Waals surface area contributed by atoms with Gasteiger partial charge in [-0.25, -0.2) is 14.4 Å². The Hall–Kier alpha value is -3.35. The Morgan fingerprint density at radius 2 is 1.21 bits per heavy atom. The van der Waals surface area contributed by atoms with Crippen molar-refractivity contribution in [1.82, 2.24) is 4.90 Å². The number of esters is 1. The fourth-order valence-electron chi connectivity index (χ4n) is 2.34. The Balaban J connectivity index is 2.07. The number of benzene rings is 2. The summed E-state index contributed by atoms with van der Waals surface area (Å²) in [5.74, 6) is -0.726. The van der Waals surface area contributed by atoms with E-state index in [4.69, 9.17) is 14.2 Å². The Kier molecular flexibility index (Phi) is 8.02. The molecule has 2 aromatic rings. The summed E-state index contributed by atoms with van der Waals surface area (Å²) < 4.78 is 15.3. The van der Waals surface area contributed by atoms with E-state index < -0.39 is 24.2 Å². The second-order valence-corrected chi connectivity index (χ2v) is 5.88. The molecule has 2 rings (SSSR count). The highest BCUT2D eigenvalue weighted by Gasteiger charge is 2.35. The largest absolute Gasteiger partial charge is 0.464 e. The summed E-state index contributed by atoms with van der Waals surface area (Å²) in [6, 6.07) is 16.8. The number of imide groups is 1. The van der Waals surface area contributed by atoms with Gasteiger partial charge in [-0.3, -0.25) is 0 Å². The lowest BCUT2D eigenvalue weighted by Gasteiger charge is -2.24. The third kappa shape index (κ3) is 6.12. The molecule has 0 aromatic heterocycles. The van der Waals surface area contributed by atoms with E-state index in [1.165, 1.54) is 6.92 Å². The lowest BCUT2D eigenvalue weighted by molar-refractivity contribution is -0.147. The van der Waals surface area contributed by atoms with Gasteiger partial charge < -0.3 is 14.2 Å². The van der Waals surface area contributed by atoms with Crippen molar-refractivity contribution in [3.63, 3.8) is 0 Å². The summed E-state index contributed by atoms with van der Waals surface area (Å²) in [6.07, 6.45) is -1.97. The lowest BCUT2D eigenvalue weighted by Crippen LogP contribution is -2.48. The van der Waals surface area contributed by atoms with Gasteiger partial charge in [0.1, 0.15) is 19.3 Å². The van der Waals surface area contributed by atoms with Gasteiger partial charge in [-0.2, -0.15) is 4.90 Å². The molecule has 148 valence electrons. The monoisotopic (exact) mass is 385 g/mol. The van der Waals surface area contributed by atoms with Crippen molar-refractivity contribution in [2.75, 3.05) is 6.61 Å². The van der Waals surface area contributed by atoms with E-state index in [9.17, 15) is 14.4 Å². The molecule has 7 nitrogen and oxygen atoms in total. The van der Waals surface area contributed by atoms with Crippen molar-refractivity contribution < 1.29 is 28.6 Å². The van der Waals surface area contributed by atoms with Crippen LogP contribution in [-0.4, -0.2) is 35.7 Å². The van der Waals surface area contributed by atoms with Crippen LogP contribution in [0.25, 0.3) is 0 Å². The summed E-state index contributed by atoms with van der Waals surface area (Å²) in [7, 11) is 0. The quantitative estimate of drug-likeness (QED) is 0.531. The topological polar surface area (TPSA) is 82.1 Å². The molecule has 7 heteroatoms. The molecule has 0 spiro atoms. The first-order valence-corrected chi connectivity index (χ1v) is 8.90. The van der Waals surface area contributed by atoms with Gasteiger partial charge in [-0.1, -0.05) is 60.7 Å². The third-order valence-corrected chi connectivity index (χ3v) is 3.82. The molecule has 0 saturated carbocycles. The Bertz CT molecular complexity index is 722. The van der Waals surface area contributed by atoms with Gasteiger partial charge in [0.2, 0.25) is 0 Å². The summed E-state index contributed by atoms with van der Waals surface area (Å²) in [5.41, 5.74) is 1.49. The molecule has 2 amide bonds. The molecule has 0 saturated heterocycles. The zero-order chi connectivity index (χ0) is 20.4. The smallest absolute Gasteiger partial charge is 0.420 e. The number of ether oxygens (including phenoxy) is 3. The maximum absolute atomic E-state index is 12.5. The molecule has 0 bridgehead atoms. The fraction of sp³-hybridized carbons (Fsp3) is 0.286.